The topological polar surface area (TPSA) is 114 Å². The van der Waals surface area contributed by atoms with Crippen molar-refractivity contribution in [1.82, 2.24) is 0 Å². The molecule has 1 aromatic heterocycles. The second-order valence-corrected chi connectivity index (χ2v) is 9.37. The van der Waals surface area contributed by atoms with Crippen LogP contribution in [0.25, 0.3) is 0 Å². The number of halogens is 1. The maximum atomic E-state index is 12.2. The predicted molar refractivity (Wildman–Crippen MR) is 131 cm³/mol. The van der Waals surface area contributed by atoms with Gasteiger partial charge in [-0.2, -0.15) is 0 Å². The SMILES string of the molecule is I.NC(=NCC(O)CS(=O)(=O)c1cccs1)Nc1cccc(Oc2ccccc2)c1. The number of aliphatic hydroxyl groups excluding tert-OH is 1. The van der Waals surface area contributed by atoms with Gasteiger partial charge in [-0.3, -0.25) is 4.99 Å². The average molecular weight is 559 g/mol. The molecule has 0 amide bonds. The number of nitrogens with two attached hydrogens (primary N) is 1. The van der Waals surface area contributed by atoms with Crippen molar-refractivity contribution in [3.63, 3.8) is 0 Å². The molecule has 3 rings (SSSR count). The third-order valence-electron chi connectivity index (χ3n) is 3.77. The fourth-order valence-corrected chi connectivity index (χ4v) is 4.95. The standard InChI is InChI=1S/C20H21N3O4S2.HI/c21-20(22-13-16(24)14-29(25,26)19-10-5-11-28-19)23-15-6-4-9-18(12-15)27-17-7-2-1-3-8-17;/h1-12,16,24H,13-14H2,(H3,21,22,23);1H. The van der Waals surface area contributed by atoms with E-state index in [0.29, 0.717) is 17.2 Å². The van der Waals surface area contributed by atoms with Crippen LogP contribution >= 0.6 is 35.3 Å². The van der Waals surface area contributed by atoms with Crippen molar-refractivity contribution in [3.05, 3.63) is 72.1 Å². The van der Waals surface area contributed by atoms with Crippen LogP contribution in [0.4, 0.5) is 5.69 Å². The van der Waals surface area contributed by atoms with E-state index in [4.69, 9.17) is 10.5 Å². The molecule has 0 aliphatic heterocycles. The van der Waals surface area contributed by atoms with Gasteiger partial charge in [-0.05, 0) is 35.7 Å². The Morgan fingerprint density at radius 1 is 1.10 bits per heavy atom. The minimum atomic E-state index is -3.54. The summed E-state index contributed by atoms with van der Waals surface area (Å²) in [6.45, 7) is -0.135. The highest BCUT2D eigenvalue weighted by molar-refractivity contribution is 14.0. The Balaban J connectivity index is 0.00000320. The number of rotatable bonds is 8. The molecule has 0 saturated heterocycles. The van der Waals surface area contributed by atoms with Gasteiger partial charge in [-0.25, -0.2) is 8.42 Å². The highest BCUT2D eigenvalue weighted by Crippen LogP contribution is 2.23. The molecule has 0 saturated carbocycles. The van der Waals surface area contributed by atoms with Gasteiger partial charge in [0.05, 0.1) is 18.4 Å². The third-order valence-corrected chi connectivity index (χ3v) is 7.06. The quantitative estimate of drug-likeness (QED) is 0.220. The molecule has 0 aliphatic carbocycles. The summed E-state index contributed by atoms with van der Waals surface area (Å²) < 4.78 is 30.3. The highest BCUT2D eigenvalue weighted by Gasteiger charge is 2.20. The molecule has 0 aliphatic rings. The first kappa shape index (κ1) is 24.1. The van der Waals surface area contributed by atoms with Crippen molar-refractivity contribution in [2.45, 2.75) is 10.3 Å². The first-order chi connectivity index (χ1) is 13.9. The largest absolute Gasteiger partial charge is 0.457 e. The number of nitrogens with one attached hydrogen (secondary N) is 1. The number of anilines is 1. The number of aliphatic imine (C=N–C) groups is 1. The molecule has 0 spiro atoms. The van der Waals surface area contributed by atoms with Crippen molar-refractivity contribution >= 4 is 56.8 Å². The molecule has 160 valence electrons. The number of benzene rings is 2. The predicted octanol–water partition coefficient (Wildman–Crippen LogP) is 3.72. The molecule has 4 N–H and O–H groups in total. The van der Waals surface area contributed by atoms with Crippen molar-refractivity contribution in [1.29, 1.82) is 0 Å². The maximum Gasteiger partial charge on any atom is 0.193 e. The molecule has 10 heteroatoms. The molecular formula is C20H22IN3O4S2. The van der Waals surface area contributed by atoms with Crippen LogP contribution < -0.4 is 15.8 Å². The molecule has 0 radical (unpaired) electrons. The van der Waals surface area contributed by atoms with E-state index in [-0.39, 0.29) is 40.7 Å². The Morgan fingerprint density at radius 2 is 1.83 bits per heavy atom. The smallest absolute Gasteiger partial charge is 0.193 e. The normalized spacial score (nSPS) is 12.6. The number of hydrogen-bond acceptors (Lipinski definition) is 6. The zero-order valence-corrected chi connectivity index (χ0v) is 19.8. The number of guanidine groups is 1. The molecule has 7 nitrogen and oxygen atoms in total. The fraction of sp³-hybridized carbons (Fsp3) is 0.150. The van der Waals surface area contributed by atoms with Crippen LogP contribution in [0.2, 0.25) is 0 Å². The molecule has 30 heavy (non-hydrogen) atoms. The van der Waals surface area contributed by atoms with Gasteiger partial charge < -0.3 is 20.9 Å². The van der Waals surface area contributed by atoms with Crippen LogP contribution in [0.3, 0.4) is 0 Å². The zero-order valence-electron chi connectivity index (χ0n) is 15.8. The summed E-state index contributed by atoms with van der Waals surface area (Å²) in [5.41, 5.74) is 6.51. The Hall–Kier alpha value is -2.15. The van der Waals surface area contributed by atoms with E-state index in [2.05, 4.69) is 10.3 Å². The molecule has 3 aromatic rings. The van der Waals surface area contributed by atoms with Gasteiger partial charge in [-0.15, -0.1) is 35.3 Å². The van der Waals surface area contributed by atoms with E-state index in [1.54, 1.807) is 29.6 Å². The minimum Gasteiger partial charge on any atom is -0.457 e. The number of sulfone groups is 1. The first-order valence-electron chi connectivity index (χ1n) is 8.76. The molecular weight excluding hydrogens is 537 g/mol. The van der Waals surface area contributed by atoms with E-state index in [1.807, 2.05) is 36.4 Å². The lowest BCUT2D eigenvalue weighted by molar-refractivity contribution is 0.206. The van der Waals surface area contributed by atoms with E-state index in [9.17, 15) is 13.5 Å². The second kappa shape index (κ2) is 11.3. The number of hydrogen-bond donors (Lipinski definition) is 3. The van der Waals surface area contributed by atoms with Gasteiger partial charge in [-0.1, -0.05) is 30.3 Å². The number of para-hydroxylation sites is 1. The fourth-order valence-electron chi connectivity index (χ4n) is 2.48. The van der Waals surface area contributed by atoms with Crippen molar-refractivity contribution in [2.75, 3.05) is 17.6 Å². The summed E-state index contributed by atoms with van der Waals surface area (Å²) in [7, 11) is -3.54. The Bertz CT molecular complexity index is 1060. The summed E-state index contributed by atoms with van der Waals surface area (Å²) >= 11 is 1.12. The minimum absolute atomic E-state index is 0. The van der Waals surface area contributed by atoms with Crippen molar-refractivity contribution in [2.24, 2.45) is 10.7 Å². The van der Waals surface area contributed by atoms with Crippen LogP contribution in [0.1, 0.15) is 0 Å². The van der Waals surface area contributed by atoms with Crippen molar-refractivity contribution < 1.29 is 18.3 Å². The Labute approximate surface area is 196 Å². The van der Waals surface area contributed by atoms with Crippen LogP contribution in [0, 0.1) is 0 Å². The van der Waals surface area contributed by atoms with Crippen LogP contribution in [-0.4, -0.2) is 37.9 Å². The van der Waals surface area contributed by atoms with Crippen LogP contribution in [-0.2, 0) is 9.84 Å². The summed E-state index contributed by atoms with van der Waals surface area (Å²) in [5, 5.41) is 14.6. The molecule has 1 heterocycles. The molecule has 1 atom stereocenters. The van der Waals surface area contributed by atoms with E-state index in [0.717, 1.165) is 11.3 Å². The summed E-state index contributed by atoms with van der Waals surface area (Å²) in [4.78, 5) is 4.03. The second-order valence-electron chi connectivity index (χ2n) is 6.16. The molecule has 0 fully saturated rings. The van der Waals surface area contributed by atoms with Gasteiger partial charge in [0, 0.05) is 11.8 Å². The van der Waals surface area contributed by atoms with E-state index >= 15 is 0 Å². The lowest BCUT2D eigenvalue weighted by Crippen LogP contribution is -2.28. The third kappa shape index (κ3) is 7.27. The average Bonchev–Trinajstić information content (AvgIpc) is 3.23. The van der Waals surface area contributed by atoms with Gasteiger partial charge in [0.2, 0.25) is 0 Å². The molecule has 0 bridgehead atoms. The molecule has 2 aromatic carbocycles. The first-order valence-corrected chi connectivity index (χ1v) is 11.3. The van der Waals surface area contributed by atoms with E-state index in [1.165, 1.54) is 6.07 Å². The van der Waals surface area contributed by atoms with Gasteiger partial charge in [0.1, 0.15) is 15.7 Å². The van der Waals surface area contributed by atoms with Gasteiger partial charge >= 0.3 is 0 Å². The monoisotopic (exact) mass is 559 g/mol. The van der Waals surface area contributed by atoms with Gasteiger partial charge in [0.25, 0.3) is 0 Å². The number of ether oxygens (including phenoxy) is 1. The van der Waals surface area contributed by atoms with Crippen LogP contribution in [0.15, 0.2) is 81.3 Å². The van der Waals surface area contributed by atoms with Crippen molar-refractivity contribution in [3.8, 4) is 11.5 Å². The zero-order chi connectivity index (χ0) is 20.7. The lowest BCUT2D eigenvalue weighted by Gasteiger charge is -2.11. The van der Waals surface area contributed by atoms with E-state index < -0.39 is 21.7 Å². The Morgan fingerprint density at radius 3 is 2.53 bits per heavy atom. The summed E-state index contributed by atoms with van der Waals surface area (Å²) in [6.07, 6.45) is -1.16. The number of nitrogens with zero attached hydrogens (tertiary/aromatic N) is 1. The number of aliphatic hydroxyl groups is 1. The number of thiophene rings is 1. The highest BCUT2D eigenvalue weighted by atomic mass is 127. The summed E-state index contributed by atoms with van der Waals surface area (Å²) in [6, 6.07) is 19.7. The Kier molecular flexibility index (Phi) is 9.08. The van der Waals surface area contributed by atoms with Gasteiger partial charge in [0.15, 0.2) is 15.8 Å². The maximum absolute atomic E-state index is 12.2. The molecule has 1 unspecified atom stereocenters. The van der Waals surface area contributed by atoms with Crippen LogP contribution in [0.5, 0.6) is 11.5 Å². The summed E-state index contributed by atoms with van der Waals surface area (Å²) in [5.74, 6) is 0.983. The lowest BCUT2D eigenvalue weighted by atomic mass is 10.3.